The first-order valence-corrected chi connectivity index (χ1v) is 4.96. The van der Waals surface area contributed by atoms with Crippen molar-refractivity contribution in [1.82, 2.24) is 0 Å². The Bertz CT molecular complexity index is 452. The number of rotatable bonds is 4. The third kappa shape index (κ3) is 2.74. The van der Waals surface area contributed by atoms with Gasteiger partial charge in [-0.2, -0.15) is 9.98 Å². The van der Waals surface area contributed by atoms with Crippen LogP contribution in [-0.2, 0) is 16.0 Å². The van der Waals surface area contributed by atoms with Gasteiger partial charge in [-0.05, 0) is 18.9 Å². The number of nitrogens with zero attached hydrogens (tertiary/aromatic N) is 2. The molecule has 0 spiro atoms. The molecule has 1 aromatic rings. The van der Waals surface area contributed by atoms with Crippen LogP contribution in [0, 0.1) is 6.92 Å². The SMILES string of the molecule is CCc1cc(C)ccc1C(N=C=O)N=C=O. The van der Waals surface area contributed by atoms with Gasteiger partial charge in [0.25, 0.3) is 0 Å². The van der Waals surface area contributed by atoms with Gasteiger partial charge in [0.15, 0.2) is 6.17 Å². The molecule has 0 heterocycles. The number of isocyanates is 2. The van der Waals surface area contributed by atoms with Crippen molar-refractivity contribution in [2.45, 2.75) is 26.4 Å². The van der Waals surface area contributed by atoms with E-state index in [2.05, 4.69) is 9.98 Å². The maximum Gasteiger partial charge on any atom is 0.237 e. The summed E-state index contributed by atoms with van der Waals surface area (Å²) in [4.78, 5) is 27.5. The van der Waals surface area contributed by atoms with Crippen LogP contribution in [0.3, 0.4) is 0 Å². The fourth-order valence-electron chi connectivity index (χ4n) is 1.56. The molecular weight excluding hydrogens is 204 g/mol. The van der Waals surface area contributed by atoms with Gasteiger partial charge in [0.1, 0.15) is 0 Å². The van der Waals surface area contributed by atoms with E-state index in [-0.39, 0.29) is 0 Å². The Labute approximate surface area is 93.7 Å². The van der Waals surface area contributed by atoms with E-state index in [9.17, 15) is 9.59 Å². The van der Waals surface area contributed by atoms with Crippen LogP contribution < -0.4 is 0 Å². The van der Waals surface area contributed by atoms with Gasteiger partial charge in [-0.15, -0.1) is 0 Å². The Morgan fingerprint density at radius 3 is 2.38 bits per heavy atom. The standard InChI is InChI=1S/C12H12N2O2/c1-3-10-6-9(2)4-5-11(10)12(13-7-15)14-8-16/h4-6,12H,3H2,1-2H3. The van der Waals surface area contributed by atoms with Gasteiger partial charge in [-0.1, -0.05) is 30.7 Å². The summed E-state index contributed by atoms with van der Waals surface area (Å²) in [6.07, 6.45) is 2.81. The predicted octanol–water partition coefficient (Wildman–Crippen LogP) is 2.23. The second-order valence-electron chi connectivity index (χ2n) is 3.37. The molecule has 16 heavy (non-hydrogen) atoms. The maximum atomic E-state index is 10.2. The van der Waals surface area contributed by atoms with Crippen molar-refractivity contribution in [2.24, 2.45) is 9.98 Å². The first-order valence-electron chi connectivity index (χ1n) is 4.96. The average molecular weight is 216 g/mol. The first-order chi connectivity index (χ1) is 7.72. The normalized spacial score (nSPS) is 11.1. The van der Waals surface area contributed by atoms with E-state index in [1.165, 1.54) is 12.2 Å². The summed E-state index contributed by atoms with van der Waals surface area (Å²) in [6, 6.07) is 5.70. The molecule has 0 aliphatic heterocycles. The van der Waals surface area contributed by atoms with Crippen molar-refractivity contribution in [3.63, 3.8) is 0 Å². The third-order valence-electron chi connectivity index (χ3n) is 2.31. The molecule has 0 aromatic heterocycles. The van der Waals surface area contributed by atoms with Crippen molar-refractivity contribution < 1.29 is 9.59 Å². The lowest BCUT2D eigenvalue weighted by Crippen LogP contribution is -1.98. The van der Waals surface area contributed by atoms with E-state index in [1.54, 1.807) is 0 Å². The van der Waals surface area contributed by atoms with E-state index in [1.807, 2.05) is 32.0 Å². The Balaban J connectivity index is 3.27. The van der Waals surface area contributed by atoms with E-state index in [4.69, 9.17) is 0 Å². The van der Waals surface area contributed by atoms with E-state index < -0.39 is 6.17 Å². The zero-order valence-electron chi connectivity index (χ0n) is 9.23. The number of carbonyl (C=O) groups excluding carboxylic acids is 2. The summed E-state index contributed by atoms with van der Waals surface area (Å²) in [6.45, 7) is 3.97. The highest BCUT2D eigenvalue weighted by Crippen LogP contribution is 2.23. The zero-order valence-corrected chi connectivity index (χ0v) is 9.23. The van der Waals surface area contributed by atoms with Crippen LogP contribution in [0.25, 0.3) is 0 Å². The number of hydrogen-bond acceptors (Lipinski definition) is 4. The summed E-state index contributed by atoms with van der Waals surface area (Å²) in [5, 5.41) is 0. The highest BCUT2D eigenvalue weighted by atomic mass is 16.1. The molecule has 82 valence electrons. The molecule has 0 saturated heterocycles. The number of hydrogen-bond donors (Lipinski definition) is 0. The Hall–Kier alpha value is -2.02. The minimum Gasteiger partial charge on any atom is -0.211 e. The monoisotopic (exact) mass is 216 g/mol. The van der Waals surface area contributed by atoms with E-state index >= 15 is 0 Å². The fourth-order valence-corrected chi connectivity index (χ4v) is 1.56. The molecule has 0 aliphatic rings. The molecule has 0 N–H and O–H groups in total. The van der Waals surface area contributed by atoms with Crippen LogP contribution in [0.2, 0.25) is 0 Å². The topological polar surface area (TPSA) is 58.9 Å². The summed E-state index contributed by atoms with van der Waals surface area (Å²) in [7, 11) is 0. The molecule has 0 bridgehead atoms. The molecule has 4 nitrogen and oxygen atoms in total. The lowest BCUT2D eigenvalue weighted by molar-refractivity contribution is 0.551. The molecule has 0 unspecified atom stereocenters. The van der Waals surface area contributed by atoms with Gasteiger partial charge in [0.05, 0.1) is 0 Å². The molecule has 1 rings (SSSR count). The van der Waals surface area contributed by atoms with Crippen LogP contribution in [0.1, 0.15) is 29.8 Å². The van der Waals surface area contributed by atoms with Gasteiger partial charge >= 0.3 is 0 Å². The second-order valence-corrected chi connectivity index (χ2v) is 3.37. The van der Waals surface area contributed by atoms with Crippen molar-refractivity contribution in [2.75, 3.05) is 0 Å². The van der Waals surface area contributed by atoms with Gasteiger partial charge in [-0.3, -0.25) is 0 Å². The van der Waals surface area contributed by atoms with Crippen LogP contribution >= 0.6 is 0 Å². The molecule has 0 saturated carbocycles. The Kier molecular flexibility index (Phi) is 4.34. The lowest BCUT2D eigenvalue weighted by Gasteiger charge is -2.10. The molecule has 0 radical (unpaired) electrons. The van der Waals surface area contributed by atoms with Crippen LogP contribution in [0.15, 0.2) is 28.2 Å². The Morgan fingerprint density at radius 1 is 1.25 bits per heavy atom. The maximum absolute atomic E-state index is 10.2. The molecule has 1 aromatic carbocycles. The zero-order chi connectivity index (χ0) is 12.0. The summed E-state index contributed by atoms with van der Waals surface area (Å²) < 4.78 is 0. The summed E-state index contributed by atoms with van der Waals surface area (Å²) in [5.41, 5.74) is 2.88. The van der Waals surface area contributed by atoms with Crippen molar-refractivity contribution in [1.29, 1.82) is 0 Å². The predicted molar refractivity (Wildman–Crippen MR) is 59.5 cm³/mol. The van der Waals surface area contributed by atoms with Crippen LogP contribution in [0.5, 0.6) is 0 Å². The molecule has 0 aliphatic carbocycles. The molecule has 0 atom stereocenters. The minimum absolute atomic E-state index is 0.750. The number of benzene rings is 1. The highest BCUT2D eigenvalue weighted by Gasteiger charge is 2.12. The number of aryl methyl sites for hydroxylation is 2. The highest BCUT2D eigenvalue weighted by molar-refractivity contribution is 5.42. The van der Waals surface area contributed by atoms with Gasteiger partial charge < -0.3 is 0 Å². The van der Waals surface area contributed by atoms with Crippen molar-refractivity contribution in [3.05, 3.63) is 34.9 Å². The smallest absolute Gasteiger partial charge is 0.211 e. The average Bonchev–Trinajstić information content (AvgIpc) is 2.28. The van der Waals surface area contributed by atoms with Crippen molar-refractivity contribution >= 4 is 12.2 Å². The molecule has 0 fully saturated rings. The number of aliphatic imine (C=N–C) groups is 2. The van der Waals surface area contributed by atoms with Gasteiger partial charge in [0.2, 0.25) is 12.2 Å². The van der Waals surface area contributed by atoms with Crippen LogP contribution in [-0.4, -0.2) is 12.2 Å². The first kappa shape index (κ1) is 12.1. The summed E-state index contributed by atoms with van der Waals surface area (Å²) in [5.74, 6) is 0. The van der Waals surface area contributed by atoms with E-state index in [0.29, 0.717) is 0 Å². The third-order valence-corrected chi connectivity index (χ3v) is 2.31. The molecule has 4 heteroatoms. The Morgan fingerprint density at radius 2 is 1.88 bits per heavy atom. The van der Waals surface area contributed by atoms with Gasteiger partial charge in [-0.25, -0.2) is 9.59 Å². The fraction of sp³-hybridized carbons (Fsp3) is 0.333. The van der Waals surface area contributed by atoms with E-state index in [0.717, 1.165) is 23.1 Å². The quantitative estimate of drug-likeness (QED) is 0.572. The molecule has 0 amide bonds. The lowest BCUT2D eigenvalue weighted by atomic mass is 10.0. The van der Waals surface area contributed by atoms with Crippen molar-refractivity contribution in [3.8, 4) is 0 Å². The van der Waals surface area contributed by atoms with Gasteiger partial charge in [0, 0.05) is 5.56 Å². The minimum atomic E-state index is -0.814. The largest absolute Gasteiger partial charge is 0.237 e. The van der Waals surface area contributed by atoms with Crippen LogP contribution in [0.4, 0.5) is 0 Å². The summed E-state index contributed by atoms with van der Waals surface area (Å²) >= 11 is 0. The second kappa shape index (κ2) is 5.76. The molecular formula is C12H12N2O2.